The standard InChI is InChI=1S/C19H17ClFNO/c1-12-11-22(15-6-4-3-5-7-15)18(13(2)19(12)23)16-9-8-14(20)10-17(16)21/h3-11,13,18H,1-2H3. The van der Waals surface area contributed by atoms with Crippen LogP contribution in [-0.4, -0.2) is 5.78 Å². The number of nitrogens with zero attached hydrogens (tertiary/aromatic N) is 1. The number of hydrogen-bond acceptors (Lipinski definition) is 2. The predicted molar refractivity (Wildman–Crippen MR) is 91.0 cm³/mol. The monoisotopic (exact) mass is 329 g/mol. The molecule has 0 amide bonds. The van der Waals surface area contributed by atoms with E-state index in [9.17, 15) is 9.18 Å². The van der Waals surface area contributed by atoms with Crippen molar-refractivity contribution in [3.8, 4) is 0 Å². The summed E-state index contributed by atoms with van der Waals surface area (Å²) in [5.74, 6) is -0.705. The van der Waals surface area contributed by atoms with Gasteiger partial charge in [-0.15, -0.1) is 0 Å². The number of rotatable bonds is 2. The van der Waals surface area contributed by atoms with Crippen LogP contribution in [0, 0.1) is 11.7 Å². The highest BCUT2D eigenvalue weighted by Gasteiger charge is 2.36. The Labute approximate surface area is 140 Å². The molecule has 1 heterocycles. The van der Waals surface area contributed by atoms with Crippen LogP contribution in [0.15, 0.2) is 60.3 Å². The van der Waals surface area contributed by atoms with Gasteiger partial charge in [0.15, 0.2) is 5.78 Å². The van der Waals surface area contributed by atoms with Crippen LogP contribution in [0.25, 0.3) is 0 Å². The van der Waals surface area contributed by atoms with Gasteiger partial charge < -0.3 is 4.90 Å². The maximum absolute atomic E-state index is 14.5. The smallest absolute Gasteiger partial charge is 0.165 e. The molecule has 0 aliphatic carbocycles. The summed E-state index contributed by atoms with van der Waals surface area (Å²) in [6, 6.07) is 13.9. The van der Waals surface area contributed by atoms with E-state index in [0.29, 0.717) is 16.2 Å². The Morgan fingerprint density at radius 2 is 1.83 bits per heavy atom. The Morgan fingerprint density at radius 1 is 1.13 bits per heavy atom. The fourth-order valence-corrected chi connectivity index (χ4v) is 3.25. The molecule has 2 aromatic rings. The first-order valence-corrected chi connectivity index (χ1v) is 7.88. The van der Waals surface area contributed by atoms with Crippen molar-refractivity contribution in [1.82, 2.24) is 0 Å². The minimum absolute atomic E-state index is 0.0385. The third-order valence-electron chi connectivity index (χ3n) is 4.24. The normalized spacial score (nSPS) is 21.3. The van der Waals surface area contributed by atoms with Crippen LogP contribution < -0.4 is 4.90 Å². The molecule has 1 aliphatic heterocycles. The number of allylic oxidation sites excluding steroid dienone is 1. The molecule has 0 fully saturated rings. The van der Waals surface area contributed by atoms with Gasteiger partial charge in [0.1, 0.15) is 5.82 Å². The highest BCUT2D eigenvalue weighted by Crippen LogP contribution is 2.39. The molecule has 1 aliphatic rings. The van der Waals surface area contributed by atoms with Crippen molar-refractivity contribution in [3.05, 3.63) is 76.7 Å². The molecule has 0 radical (unpaired) electrons. The summed E-state index contributed by atoms with van der Waals surface area (Å²) in [4.78, 5) is 14.4. The van der Waals surface area contributed by atoms with E-state index in [1.54, 1.807) is 25.3 Å². The van der Waals surface area contributed by atoms with Gasteiger partial charge >= 0.3 is 0 Å². The molecule has 118 valence electrons. The zero-order valence-electron chi connectivity index (χ0n) is 13.0. The molecule has 0 bridgehead atoms. The van der Waals surface area contributed by atoms with Gasteiger partial charge in [0.2, 0.25) is 0 Å². The minimum Gasteiger partial charge on any atom is -0.339 e. The second-order valence-electron chi connectivity index (χ2n) is 5.82. The van der Waals surface area contributed by atoms with Crippen LogP contribution in [0.1, 0.15) is 25.5 Å². The second-order valence-corrected chi connectivity index (χ2v) is 6.25. The number of anilines is 1. The number of carbonyl (C=O) groups is 1. The van der Waals surface area contributed by atoms with Crippen LogP contribution >= 0.6 is 11.6 Å². The van der Waals surface area contributed by atoms with E-state index in [1.165, 1.54) is 6.07 Å². The van der Waals surface area contributed by atoms with Crippen molar-refractivity contribution in [1.29, 1.82) is 0 Å². The summed E-state index contributed by atoms with van der Waals surface area (Å²) < 4.78 is 14.5. The fourth-order valence-electron chi connectivity index (χ4n) is 3.09. The number of Topliss-reactive ketones (excluding diaryl/α,β-unsaturated/α-hetero) is 1. The topological polar surface area (TPSA) is 20.3 Å². The number of benzene rings is 2. The molecule has 0 aromatic heterocycles. The van der Waals surface area contributed by atoms with Gasteiger partial charge in [-0.05, 0) is 31.2 Å². The molecule has 2 nitrogen and oxygen atoms in total. The summed E-state index contributed by atoms with van der Waals surface area (Å²) in [5, 5.41) is 0.346. The molecule has 4 heteroatoms. The molecule has 2 unspecified atom stereocenters. The number of ketones is 1. The Hall–Kier alpha value is -2.13. The van der Waals surface area contributed by atoms with E-state index in [0.717, 1.165) is 5.69 Å². The van der Waals surface area contributed by atoms with Gasteiger partial charge in [-0.25, -0.2) is 4.39 Å². The first-order chi connectivity index (χ1) is 11.0. The number of carbonyl (C=O) groups excluding carboxylic acids is 1. The van der Waals surface area contributed by atoms with Crippen molar-refractivity contribution in [3.63, 3.8) is 0 Å². The molecule has 0 saturated heterocycles. The lowest BCUT2D eigenvalue weighted by Gasteiger charge is -2.39. The van der Waals surface area contributed by atoms with Gasteiger partial charge in [0, 0.05) is 34.0 Å². The van der Waals surface area contributed by atoms with Crippen molar-refractivity contribution in [2.45, 2.75) is 19.9 Å². The number of hydrogen-bond donors (Lipinski definition) is 0. The summed E-state index contributed by atoms with van der Waals surface area (Å²) in [6.45, 7) is 3.64. The summed E-state index contributed by atoms with van der Waals surface area (Å²) in [5.41, 5.74) is 2.07. The lowest BCUT2D eigenvalue weighted by Crippen LogP contribution is -2.38. The lowest BCUT2D eigenvalue weighted by molar-refractivity contribution is -0.119. The Bertz CT molecular complexity index is 772. The molecule has 23 heavy (non-hydrogen) atoms. The van der Waals surface area contributed by atoms with Crippen molar-refractivity contribution in [2.75, 3.05) is 4.90 Å². The highest BCUT2D eigenvalue weighted by atomic mass is 35.5. The molecular formula is C19H17ClFNO. The summed E-state index contributed by atoms with van der Waals surface area (Å²) in [6.07, 6.45) is 1.80. The molecular weight excluding hydrogens is 313 g/mol. The molecule has 0 N–H and O–H groups in total. The van der Waals surface area contributed by atoms with Gasteiger partial charge in [0.25, 0.3) is 0 Å². The first-order valence-electron chi connectivity index (χ1n) is 7.50. The van der Waals surface area contributed by atoms with E-state index in [4.69, 9.17) is 11.6 Å². The third kappa shape index (κ3) is 2.89. The van der Waals surface area contributed by atoms with Crippen LogP contribution in [0.4, 0.5) is 10.1 Å². The van der Waals surface area contributed by atoms with Crippen LogP contribution in [0.2, 0.25) is 5.02 Å². The van der Waals surface area contributed by atoms with Crippen LogP contribution in [-0.2, 0) is 4.79 Å². The van der Waals surface area contributed by atoms with Crippen molar-refractivity contribution >= 4 is 23.1 Å². The molecule has 0 saturated carbocycles. The number of para-hydroxylation sites is 1. The predicted octanol–water partition coefficient (Wildman–Crippen LogP) is 5.15. The first kappa shape index (κ1) is 15.8. The van der Waals surface area contributed by atoms with Gasteiger partial charge in [-0.3, -0.25) is 4.79 Å². The van der Waals surface area contributed by atoms with Gasteiger partial charge in [0.05, 0.1) is 6.04 Å². The average Bonchev–Trinajstić information content (AvgIpc) is 2.54. The average molecular weight is 330 g/mol. The van der Waals surface area contributed by atoms with Gasteiger partial charge in [-0.1, -0.05) is 42.8 Å². The summed E-state index contributed by atoms with van der Waals surface area (Å²) in [7, 11) is 0. The Morgan fingerprint density at radius 3 is 2.48 bits per heavy atom. The van der Waals surface area contributed by atoms with E-state index < -0.39 is 11.9 Å². The zero-order valence-corrected chi connectivity index (χ0v) is 13.7. The molecule has 0 spiro atoms. The highest BCUT2D eigenvalue weighted by molar-refractivity contribution is 6.30. The molecule has 2 atom stereocenters. The quantitative estimate of drug-likeness (QED) is 0.759. The fraction of sp³-hybridized carbons (Fsp3) is 0.211. The van der Waals surface area contributed by atoms with Crippen molar-refractivity contribution in [2.24, 2.45) is 5.92 Å². The summed E-state index contributed by atoms with van der Waals surface area (Å²) >= 11 is 5.87. The zero-order chi connectivity index (χ0) is 16.6. The lowest BCUT2D eigenvalue weighted by atomic mass is 9.84. The maximum atomic E-state index is 14.5. The van der Waals surface area contributed by atoms with E-state index in [-0.39, 0.29) is 11.7 Å². The minimum atomic E-state index is -0.397. The van der Waals surface area contributed by atoms with Crippen LogP contribution in [0.5, 0.6) is 0 Å². The van der Waals surface area contributed by atoms with E-state index in [2.05, 4.69) is 0 Å². The second kappa shape index (κ2) is 6.17. The van der Waals surface area contributed by atoms with Gasteiger partial charge in [-0.2, -0.15) is 0 Å². The maximum Gasteiger partial charge on any atom is 0.165 e. The van der Waals surface area contributed by atoms with E-state index >= 15 is 0 Å². The Kier molecular flexibility index (Phi) is 4.22. The van der Waals surface area contributed by atoms with Crippen molar-refractivity contribution < 1.29 is 9.18 Å². The number of halogens is 2. The largest absolute Gasteiger partial charge is 0.339 e. The van der Waals surface area contributed by atoms with E-state index in [1.807, 2.05) is 42.2 Å². The molecule has 2 aromatic carbocycles. The SMILES string of the molecule is CC1=CN(c2ccccc2)C(c2ccc(Cl)cc2F)C(C)C1=O. The molecule has 3 rings (SSSR count). The third-order valence-corrected chi connectivity index (χ3v) is 4.48. The van der Waals surface area contributed by atoms with Crippen LogP contribution in [0.3, 0.4) is 0 Å². The Balaban J connectivity index is 2.15.